The Hall–Kier alpha value is -1.85. The second-order valence-electron chi connectivity index (χ2n) is 2.92. The Bertz CT molecular complexity index is 370. The normalized spacial score (nSPS) is 11.3. The highest BCUT2D eigenvalue weighted by Gasteiger charge is 2.08. The van der Waals surface area contributed by atoms with Crippen LogP contribution < -0.4 is 10.1 Å². The summed E-state index contributed by atoms with van der Waals surface area (Å²) in [6, 6.07) is 0.197. The minimum atomic E-state index is -0.198. The molecule has 0 aromatic carbocycles. The number of methoxy groups -OCH3 is 1. The third kappa shape index (κ3) is 3.08. The minimum absolute atomic E-state index is 0.197. The van der Waals surface area contributed by atoms with Gasteiger partial charge in [0.2, 0.25) is 5.95 Å². The summed E-state index contributed by atoms with van der Waals surface area (Å²) in [7, 11) is 1.46. The first-order valence-corrected chi connectivity index (χ1v) is 4.61. The van der Waals surface area contributed by atoms with E-state index in [1.807, 2.05) is 13.0 Å². The van der Waals surface area contributed by atoms with Crippen LogP contribution in [-0.2, 0) is 4.79 Å². The van der Waals surface area contributed by atoms with Gasteiger partial charge >= 0.3 is 6.01 Å². The Morgan fingerprint density at radius 3 is 2.93 bits per heavy atom. The molecule has 0 aliphatic rings. The number of nitrogens with one attached hydrogen (secondary N) is 2. The zero-order valence-electron chi connectivity index (χ0n) is 9.00. The SMILES string of the molecule is CC/C=C(/C)C(=O)Nc1nc(OC)n[nH]1. The number of amides is 1. The zero-order chi connectivity index (χ0) is 11.3. The molecule has 15 heavy (non-hydrogen) atoms. The second-order valence-corrected chi connectivity index (χ2v) is 2.92. The van der Waals surface area contributed by atoms with Crippen molar-refractivity contribution in [2.24, 2.45) is 0 Å². The fourth-order valence-electron chi connectivity index (χ4n) is 0.999. The van der Waals surface area contributed by atoms with Crippen LogP contribution in [0.1, 0.15) is 20.3 Å². The van der Waals surface area contributed by atoms with E-state index in [0.717, 1.165) is 6.42 Å². The molecule has 0 aliphatic carbocycles. The summed E-state index contributed by atoms with van der Waals surface area (Å²) in [6.45, 7) is 3.71. The lowest BCUT2D eigenvalue weighted by atomic mass is 10.2. The number of anilines is 1. The molecule has 0 atom stereocenters. The molecule has 0 radical (unpaired) electrons. The number of aromatic amines is 1. The maximum Gasteiger partial charge on any atom is 0.336 e. The molecule has 82 valence electrons. The Balaban J connectivity index is 2.62. The van der Waals surface area contributed by atoms with Gasteiger partial charge in [0, 0.05) is 5.57 Å². The van der Waals surface area contributed by atoms with E-state index in [-0.39, 0.29) is 17.9 Å². The number of aromatic nitrogens is 3. The molecular formula is C9H14N4O2. The molecule has 1 rings (SSSR count). The van der Waals surface area contributed by atoms with Crippen LogP contribution in [0, 0.1) is 0 Å². The van der Waals surface area contributed by atoms with Gasteiger partial charge in [0.05, 0.1) is 7.11 Å². The molecule has 1 heterocycles. The highest BCUT2D eigenvalue weighted by Crippen LogP contribution is 2.06. The molecular weight excluding hydrogens is 196 g/mol. The van der Waals surface area contributed by atoms with Crippen LogP contribution in [0.5, 0.6) is 6.01 Å². The molecule has 0 bridgehead atoms. The summed E-state index contributed by atoms with van der Waals surface area (Å²) in [5.41, 5.74) is 0.646. The summed E-state index contributed by atoms with van der Waals surface area (Å²) in [5, 5.41) is 8.80. The maximum atomic E-state index is 11.5. The van der Waals surface area contributed by atoms with Crippen LogP contribution >= 0.6 is 0 Å². The van der Waals surface area contributed by atoms with E-state index in [2.05, 4.69) is 20.5 Å². The van der Waals surface area contributed by atoms with Gasteiger partial charge in [0.15, 0.2) is 0 Å². The van der Waals surface area contributed by atoms with Gasteiger partial charge in [0.25, 0.3) is 5.91 Å². The minimum Gasteiger partial charge on any atom is -0.466 e. The Kier molecular flexibility index (Phi) is 3.84. The van der Waals surface area contributed by atoms with Crippen molar-refractivity contribution in [3.8, 4) is 6.01 Å². The summed E-state index contributed by atoms with van der Waals surface area (Å²) >= 11 is 0. The van der Waals surface area contributed by atoms with Gasteiger partial charge in [0.1, 0.15) is 0 Å². The highest BCUT2D eigenvalue weighted by atomic mass is 16.5. The van der Waals surface area contributed by atoms with Crippen molar-refractivity contribution in [2.75, 3.05) is 12.4 Å². The fraction of sp³-hybridized carbons (Fsp3) is 0.444. The molecule has 1 aromatic rings. The standard InChI is InChI=1S/C9H14N4O2/c1-4-5-6(2)7(14)10-8-11-9(15-3)13-12-8/h5H,4H2,1-3H3,(H2,10,11,12,13,14)/b6-5-. The van der Waals surface area contributed by atoms with Crippen molar-refractivity contribution in [2.45, 2.75) is 20.3 Å². The molecule has 0 aliphatic heterocycles. The van der Waals surface area contributed by atoms with E-state index in [1.54, 1.807) is 6.92 Å². The number of carbonyl (C=O) groups is 1. The van der Waals surface area contributed by atoms with E-state index < -0.39 is 0 Å². The summed E-state index contributed by atoms with van der Waals surface area (Å²) < 4.78 is 4.77. The predicted octanol–water partition coefficient (Wildman–Crippen LogP) is 1.11. The number of ether oxygens (including phenoxy) is 1. The molecule has 0 unspecified atom stereocenters. The summed E-state index contributed by atoms with van der Waals surface area (Å²) in [5.74, 6) is 0.0800. The fourth-order valence-corrected chi connectivity index (χ4v) is 0.999. The van der Waals surface area contributed by atoms with Crippen molar-refractivity contribution in [1.29, 1.82) is 0 Å². The molecule has 0 saturated carbocycles. The molecule has 0 fully saturated rings. The predicted molar refractivity (Wildman–Crippen MR) is 55.6 cm³/mol. The van der Waals surface area contributed by atoms with Gasteiger partial charge in [-0.2, -0.15) is 4.98 Å². The zero-order valence-corrected chi connectivity index (χ0v) is 9.00. The highest BCUT2D eigenvalue weighted by molar-refractivity contribution is 6.02. The van der Waals surface area contributed by atoms with Gasteiger partial charge in [-0.25, -0.2) is 5.10 Å². The lowest BCUT2D eigenvalue weighted by Crippen LogP contribution is -2.13. The monoisotopic (exact) mass is 210 g/mol. The third-order valence-corrected chi connectivity index (χ3v) is 1.75. The number of H-pyrrole nitrogens is 1. The summed E-state index contributed by atoms with van der Waals surface area (Å²) in [4.78, 5) is 15.4. The van der Waals surface area contributed by atoms with Crippen molar-refractivity contribution < 1.29 is 9.53 Å². The van der Waals surface area contributed by atoms with E-state index in [0.29, 0.717) is 5.57 Å². The van der Waals surface area contributed by atoms with Crippen molar-refractivity contribution in [3.63, 3.8) is 0 Å². The third-order valence-electron chi connectivity index (χ3n) is 1.75. The van der Waals surface area contributed by atoms with Crippen LogP contribution in [-0.4, -0.2) is 28.2 Å². The van der Waals surface area contributed by atoms with Gasteiger partial charge < -0.3 is 4.74 Å². The van der Waals surface area contributed by atoms with Crippen LogP contribution in [0.2, 0.25) is 0 Å². The maximum absolute atomic E-state index is 11.5. The smallest absolute Gasteiger partial charge is 0.336 e. The van der Waals surface area contributed by atoms with E-state index in [9.17, 15) is 4.79 Å². The summed E-state index contributed by atoms with van der Waals surface area (Å²) in [6.07, 6.45) is 2.65. The number of carbonyl (C=O) groups excluding carboxylic acids is 1. The quantitative estimate of drug-likeness (QED) is 0.729. The van der Waals surface area contributed by atoms with E-state index in [4.69, 9.17) is 4.74 Å². The Morgan fingerprint density at radius 1 is 1.67 bits per heavy atom. The Morgan fingerprint density at radius 2 is 2.40 bits per heavy atom. The lowest BCUT2D eigenvalue weighted by molar-refractivity contribution is -0.112. The molecule has 6 heteroatoms. The first kappa shape index (κ1) is 11.2. The number of hydrogen-bond acceptors (Lipinski definition) is 4. The molecule has 2 N–H and O–H groups in total. The molecule has 1 amide bonds. The van der Waals surface area contributed by atoms with Crippen LogP contribution in [0.3, 0.4) is 0 Å². The van der Waals surface area contributed by atoms with Crippen LogP contribution in [0.15, 0.2) is 11.6 Å². The average Bonchev–Trinajstić information content (AvgIpc) is 2.66. The molecule has 0 saturated heterocycles. The lowest BCUT2D eigenvalue weighted by Gasteiger charge is -1.99. The van der Waals surface area contributed by atoms with Gasteiger partial charge in [-0.05, 0) is 13.3 Å². The second kappa shape index (κ2) is 5.14. The number of nitrogens with zero attached hydrogens (tertiary/aromatic N) is 2. The number of rotatable bonds is 4. The largest absolute Gasteiger partial charge is 0.466 e. The van der Waals surface area contributed by atoms with Crippen molar-refractivity contribution in [1.82, 2.24) is 15.2 Å². The van der Waals surface area contributed by atoms with Crippen molar-refractivity contribution in [3.05, 3.63) is 11.6 Å². The average molecular weight is 210 g/mol. The van der Waals surface area contributed by atoms with Gasteiger partial charge in [-0.1, -0.05) is 13.0 Å². The van der Waals surface area contributed by atoms with Crippen molar-refractivity contribution >= 4 is 11.9 Å². The van der Waals surface area contributed by atoms with Gasteiger partial charge in [-0.15, -0.1) is 5.10 Å². The van der Waals surface area contributed by atoms with E-state index in [1.165, 1.54) is 7.11 Å². The molecule has 0 spiro atoms. The molecule has 6 nitrogen and oxygen atoms in total. The van der Waals surface area contributed by atoms with Gasteiger partial charge in [-0.3, -0.25) is 10.1 Å². The van der Waals surface area contributed by atoms with E-state index >= 15 is 0 Å². The Labute approximate surface area is 87.7 Å². The van der Waals surface area contributed by atoms with Crippen LogP contribution in [0.25, 0.3) is 0 Å². The first-order chi connectivity index (χ1) is 7.17. The number of hydrogen-bond donors (Lipinski definition) is 2. The number of allylic oxidation sites excluding steroid dienone is 1. The first-order valence-electron chi connectivity index (χ1n) is 4.61. The van der Waals surface area contributed by atoms with Crippen LogP contribution in [0.4, 0.5) is 5.95 Å². The topological polar surface area (TPSA) is 79.9 Å². The molecule has 1 aromatic heterocycles.